The molecule has 5 heteroatoms. The van der Waals surface area contributed by atoms with Crippen LogP contribution >= 0.6 is 0 Å². The van der Waals surface area contributed by atoms with Gasteiger partial charge < -0.3 is 4.74 Å². The van der Waals surface area contributed by atoms with E-state index in [1.165, 1.54) is 18.5 Å². The van der Waals surface area contributed by atoms with Crippen molar-refractivity contribution in [2.24, 2.45) is 0 Å². The molecule has 2 rings (SSSR count). The van der Waals surface area contributed by atoms with Gasteiger partial charge in [0.1, 0.15) is 11.4 Å². The zero-order chi connectivity index (χ0) is 12.5. The second kappa shape index (κ2) is 4.20. The molecule has 1 aromatic rings. The van der Waals surface area contributed by atoms with Crippen molar-refractivity contribution < 1.29 is 17.9 Å². The molecule has 0 spiro atoms. The zero-order valence-electron chi connectivity index (χ0n) is 9.55. The molecule has 1 heterocycles. The third-order valence-corrected chi connectivity index (χ3v) is 2.89. The molecule has 94 valence electrons. The summed E-state index contributed by atoms with van der Waals surface area (Å²) < 4.78 is 44.6. The van der Waals surface area contributed by atoms with Crippen LogP contribution in [0.3, 0.4) is 0 Å². The lowest BCUT2D eigenvalue weighted by atomic mass is 9.77. The highest BCUT2D eigenvalue weighted by Crippen LogP contribution is 2.47. The molecule has 17 heavy (non-hydrogen) atoms. The van der Waals surface area contributed by atoms with E-state index in [4.69, 9.17) is 4.74 Å². The number of aromatic nitrogens is 1. The number of hydrogen-bond acceptors (Lipinski definition) is 2. The standard InChI is InChI=1S/C12H14F3NO/c1-11(13,14)8-17-10-3-6-16-7-9(10)12(15)4-2-5-12/h3,6-7H,2,4-5,8H2,1H3. The molecule has 1 aliphatic carbocycles. The number of halogens is 3. The average Bonchev–Trinajstić information content (AvgIpc) is 2.22. The number of rotatable bonds is 4. The van der Waals surface area contributed by atoms with Crippen LogP contribution in [-0.4, -0.2) is 17.5 Å². The maximum Gasteiger partial charge on any atom is 0.278 e. The fourth-order valence-electron chi connectivity index (χ4n) is 1.81. The van der Waals surface area contributed by atoms with Crippen molar-refractivity contribution in [3.05, 3.63) is 24.0 Å². The minimum atomic E-state index is -2.93. The summed E-state index contributed by atoms with van der Waals surface area (Å²) >= 11 is 0. The smallest absolute Gasteiger partial charge is 0.278 e. The predicted molar refractivity (Wildman–Crippen MR) is 57.0 cm³/mol. The Morgan fingerprint density at radius 2 is 2.18 bits per heavy atom. The van der Waals surface area contributed by atoms with Gasteiger partial charge in [-0.1, -0.05) is 0 Å². The Morgan fingerprint density at radius 1 is 1.47 bits per heavy atom. The average molecular weight is 245 g/mol. The van der Waals surface area contributed by atoms with Gasteiger partial charge in [-0.3, -0.25) is 4.98 Å². The number of hydrogen-bond donors (Lipinski definition) is 0. The van der Waals surface area contributed by atoms with Gasteiger partial charge in [0.25, 0.3) is 5.92 Å². The molecule has 0 atom stereocenters. The molecule has 1 aliphatic rings. The SMILES string of the molecule is CC(F)(F)COc1ccncc1C1(F)CCC1. The topological polar surface area (TPSA) is 22.1 Å². The summed E-state index contributed by atoms with van der Waals surface area (Å²) in [6.45, 7) is 0.0164. The summed E-state index contributed by atoms with van der Waals surface area (Å²) in [4.78, 5) is 3.83. The lowest BCUT2D eigenvalue weighted by Crippen LogP contribution is -2.30. The number of pyridine rings is 1. The Balaban J connectivity index is 2.16. The summed E-state index contributed by atoms with van der Waals surface area (Å²) in [6.07, 6.45) is 4.38. The molecule has 0 radical (unpaired) electrons. The largest absolute Gasteiger partial charge is 0.487 e. The van der Waals surface area contributed by atoms with Gasteiger partial charge in [-0.05, 0) is 25.3 Å². The van der Waals surface area contributed by atoms with E-state index in [0.717, 1.165) is 13.3 Å². The predicted octanol–water partition coefficient (Wildman–Crippen LogP) is 3.46. The number of ether oxygens (including phenoxy) is 1. The fraction of sp³-hybridized carbons (Fsp3) is 0.583. The van der Waals surface area contributed by atoms with Crippen LogP contribution in [0.4, 0.5) is 13.2 Å². The molecule has 0 saturated heterocycles. The molecule has 0 aromatic carbocycles. The second-order valence-electron chi connectivity index (χ2n) is 4.55. The van der Waals surface area contributed by atoms with Crippen molar-refractivity contribution in [2.75, 3.05) is 6.61 Å². The molecule has 0 bridgehead atoms. The lowest BCUT2D eigenvalue weighted by molar-refractivity contribution is -0.0254. The molecular weight excluding hydrogens is 231 g/mol. The first-order valence-electron chi connectivity index (χ1n) is 5.55. The molecular formula is C12H14F3NO. The summed E-state index contributed by atoms with van der Waals surface area (Å²) in [5.41, 5.74) is -1.16. The summed E-state index contributed by atoms with van der Waals surface area (Å²) in [5, 5.41) is 0. The Bertz CT molecular complexity index is 399. The molecule has 1 saturated carbocycles. The van der Waals surface area contributed by atoms with E-state index in [-0.39, 0.29) is 11.3 Å². The molecule has 1 fully saturated rings. The van der Waals surface area contributed by atoms with Crippen LogP contribution in [0.2, 0.25) is 0 Å². The van der Waals surface area contributed by atoms with Gasteiger partial charge in [0.2, 0.25) is 0 Å². The normalized spacial score (nSPS) is 18.6. The maximum atomic E-state index is 14.2. The van der Waals surface area contributed by atoms with Gasteiger partial charge in [-0.2, -0.15) is 0 Å². The van der Waals surface area contributed by atoms with Crippen molar-refractivity contribution in [3.8, 4) is 5.75 Å². The third kappa shape index (κ3) is 2.70. The van der Waals surface area contributed by atoms with Crippen molar-refractivity contribution in [3.63, 3.8) is 0 Å². The van der Waals surface area contributed by atoms with Crippen LogP contribution in [0.25, 0.3) is 0 Å². The zero-order valence-corrected chi connectivity index (χ0v) is 9.55. The van der Waals surface area contributed by atoms with Crippen LogP contribution in [0.5, 0.6) is 5.75 Å². The summed E-state index contributed by atoms with van der Waals surface area (Å²) in [6, 6.07) is 1.43. The quantitative estimate of drug-likeness (QED) is 0.810. The first-order chi connectivity index (χ1) is 7.91. The Labute approximate surface area is 97.8 Å². The minimum absolute atomic E-state index is 0.170. The molecule has 0 N–H and O–H groups in total. The van der Waals surface area contributed by atoms with Crippen LogP contribution in [-0.2, 0) is 5.67 Å². The second-order valence-corrected chi connectivity index (χ2v) is 4.55. The minimum Gasteiger partial charge on any atom is -0.487 e. The molecule has 0 aliphatic heterocycles. The van der Waals surface area contributed by atoms with Crippen LogP contribution in [0.1, 0.15) is 31.7 Å². The van der Waals surface area contributed by atoms with Gasteiger partial charge in [0, 0.05) is 24.9 Å². The molecule has 1 aromatic heterocycles. The monoisotopic (exact) mass is 245 g/mol. The molecule has 2 nitrogen and oxygen atoms in total. The highest BCUT2D eigenvalue weighted by Gasteiger charge is 2.41. The number of alkyl halides is 3. The Morgan fingerprint density at radius 3 is 2.71 bits per heavy atom. The van der Waals surface area contributed by atoms with Gasteiger partial charge >= 0.3 is 0 Å². The first kappa shape index (κ1) is 12.2. The van der Waals surface area contributed by atoms with E-state index < -0.39 is 18.2 Å². The Kier molecular flexibility index (Phi) is 3.02. The maximum absolute atomic E-state index is 14.2. The van der Waals surface area contributed by atoms with Crippen molar-refractivity contribution in [1.29, 1.82) is 0 Å². The third-order valence-electron chi connectivity index (χ3n) is 2.89. The van der Waals surface area contributed by atoms with Crippen molar-refractivity contribution in [2.45, 2.75) is 37.8 Å². The van der Waals surface area contributed by atoms with Crippen LogP contribution in [0.15, 0.2) is 18.5 Å². The van der Waals surface area contributed by atoms with E-state index >= 15 is 0 Å². The van der Waals surface area contributed by atoms with E-state index in [1.807, 2.05) is 0 Å². The molecule has 0 unspecified atom stereocenters. The lowest BCUT2D eigenvalue weighted by Gasteiger charge is -2.35. The van der Waals surface area contributed by atoms with Gasteiger partial charge in [0.15, 0.2) is 6.61 Å². The van der Waals surface area contributed by atoms with Crippen molar-refractivity contribution in [1.82, 2.24) is 4.98 Å². The molecule has 0 amide bonds. The van der Waals surface area contributed by atoms with Gasteiger partial charge in [-0.15, -0.1) is 0 Å². The van der Waals surface area contributed by atoms with E-state index in [1.54, 1.807) is 0 Å². The van der Waals surface area contributed by atoms with Crippen molar-refractivity contribution >= 4 is 0 Å². The summed E-state index contributed by atoms with van der Waals surface area (Å²) in [7, 11) is 0. The van der Waals surface area contributed by atoms with Crippen LogP contribution < -0.4 is 4.74 Å². The Hall–Kier alpha value is -1.26. The van der Waals surface area contributed by atoms with E-state index in [2.05, 4.69) is 4.98 Å². The summed E-state index contributed by atoms with van der Waals surface area (Å²) in [5.74, 6) is -2.76. The number of nitrogens with zero attached hydrogens (tertiary/aromatic N) is 1. The highest BCUT2D eigenvalue weighted by atomic mass is 19.3. The van der Waals surface area contributed by atoms with Gasteiger partial charge in [-0.25, -0.2) is 13.2 Å². The fourth-order valence-corrected chi connectivity index (χ4v) is 1.81. The highest BCUT2D eigenvalue weighted by molar-refractivity contribution is 5.36. The van der Waals surface area contributed by atoms with Crippen LogP contribution in [0, 0.1) is 0 Å². The first-order valence-corrected chi connectivity index (χ1v) is 5.55. The van der Waals surface area contributed by atoms with E-state index in [0.29, 0.717) is 12.8 Å². The van der Waals surface area contributed by atoms with E-state index in [9.17, 15) is 13.2 Å². The van der Waals surface area contributed by atoms with Gasteiger partial charge in [0.05, 0.1) is 0 Å².